The lowest BCUT2D eigenvalue weighted by Crippen LogP contribution is -2.11. The number of nitrogen functional groups attached to an aromatic ring is 1. The molecule has 3 N–H and O–H groups in total. The van der Waals surface area contributed by atoms with Crippen LogP contribution < -0.4 is 11.1 Å². The monoisotopic (exact) mass is 296 g/mol. The van der Waals surface area contributed by atoms with E-state index in [1.165, 1.54) is 6.07 Å². The molecule has 0 saturated heterocycles. The Morgan fingerprint density at radius 3 is 2.70 bits per heavy atom. The van der Waals surface area contributed by atoms with Gasteiger partial charge in [-0.3, -0.25) is 0 Å². The molecule has 108 valence electrons. The maximum absolute atomic E-state index is 13.1. The standard InChI is InChI=1S/C15H18F2N2S/c1-2-4-13(14-5-3-8-20-14)19-12-7-6-10(18)9-11(12)15(16)17/h3,5-9,13,15,19H,2,4,18H2,1H3. The van der Waals surface area contributed by atoms with Gasteiger partial charge in [-0.1, -0.05) is 19.4 Å². The van der Waals surface area contributed by atoms with Gasteiger partial charge in [-0.05, 0) is 36.1 Å². The first kappa shape index (κ1) is 14.8. The van der Waals surface area contributed by atoms with Crippen LogP contribution in [0.4, 0.5) is 20.2 Å². The van der Waals surface area contributed by atoms with Crippen LogP contribution in [0.25, 0.3) is 0 Å². The van der Waals surface area contributed by atoms with Crippen LogP contribution in [0.2, 0.25) is 0 Å². The average Bonchev–Trinajstić information content (AvgIpc) is 2.93. The van der Waals surface area contributed by atoms with Crippen molar-refractivity contribution in [1.29, 1.82) is 0 Å². The van der Waals surface area contributed by atoms with Gasteiger partial charge < -0.3 is 11.1 Å². The highest BCUT2D eigenvalue weighted by Crippen LogP contribution is 2.33. The van der Waals surface area contributed by atoms with Gasteiger partial charge in [0.2, 0.25) is 0 Å². The summed E-state index contributed by atoms with van der Waals surface area (Å²) >= 11 is 1.63. The van der Waals surface area contributed by atoms with Crippen molar-refractivity contribution in [3.63, 3.8) is 0 Å². The first-order valence-corrected chi connectivity index (χ1v) is 7.47. The molecule has 1 aromatic heterocycles. The van der Waals surface area contributed by atoms with E-state index in [9.17, 15) is 8.78 Å². The molecule has 0 aliphatic carbocycles. The Morgan fingerprint density at radius 2 is 2.10 bits per heavy atom. The summed E-state index contributed by atoms with van der Waals surface area (Å²) in [6.45, 7) is 2.08. The lowest BCUT2D eigenvalue weighted by Gasteiger charge is -2.20. The van der Waals surface area contributed by atoms with Crippen LogP contribution in [0.1, 0.15) is 42.7 Å². The maximum Gasteiger partial charge on any atom is 0.265 e. The first-order chi connectivity index (χ1) is 9.61. The third-order valence-electron chi connectivity index (χ3n) is 3.10. The van der Waals surface area contributed by atoms with Crippen LogP contribution in [0, 0.1) is 0 Å². The number of benzene rings is 1. The summed E-state index contributed by atoms with van der Waals surface area (Å²) in [6.07, 6.45) is -0.658. The van der Waals surface area contributed by atoms with Crippen molar-refractivity contribution in [3.05, 3.63) is 46.2 Å². The van der Waals surface area contributed by atoms with E-state index in [-0.39, 0.29) is 11.6 Å². The Kier molecular flexibility index (Phi) is 4.95. The minimum atomic E-state index is -2.54. The van der Waals surface area contributed by atoms with E-state index in [2.05, 4.69) is 12.2 Å². The molecule has 0 aliphatic rings. The molecule has 1 heterocycles. The van der Waals surface area contributed by atoms with Crippen LogP contribution >= 0.6 is 11.3 Å². The van der Waals surface area contributed by atoms with E-state index in [0.29, 0.717) is 11.4 Å². The molecule has 0 radical (unpaired) electrons. The minimum absolute atomic E-state index is 0.0392. The molecule has 2 rings (SSSR count). The number of hydrogen-bond acceptors (Lipinski definition) is 3. The second-order valence-corrected chi connectivity index (χ2v) is 5.63. The molecule has 2 nitrogen and oxygen atoms in total. The quantitative estimate of drug-likeness (QED) is 0.717. The highest BCUT2D eigenvalue weighted by molar-refractivity contribution is 7.10. The summed E-state index contributed by atoms with van der Waals surface area (Å²) in [5.41, 5.74) is 6.37. The molecule has 2 aromatic rings. The predicted molar refractivity (Wildman–Crippen MR) is 81.4 cm³/mol. The fraction of sp³-hybridized carbons (Fsp3) is 0.333. The molecule has 0 spiro atoms. The normalized spacial score (nSPS) is 12.6. The van der Waals surface area contributed by atoms with Gasteiger partial charge in [-0.2, -0.15) is 0 Å². The summed E-state index contributed by atoms with van der Waals surface area (Å²) in [4.78, 5) is 1.16. The summed E-state index contributed by atoms with van der Waals surface area (Å²) in [6, 6.07) is 8.67. The van der Waals surface area contributed by atoms with Crippen LogP contribution in [0.15, 0.2) is 35.7 Å². The SMILES string of the molecule is CCCC(Nc1ccc(N)cc1C(F)F)c1cccs1. The van der Waals surface area contributed by atoms with E-state index in [0.717, 1.165) is 17.7 Å². The van der Waals surface area contributed by atoms with Crippen LogP contribution in [0.3, 0.4) is 0 Å². The minimum Gasteiger partial charge on any atom is -0.399 e. The fourth-order valence-corrected chi connectivity index (χ4v) is 2.96. The zero-order chi connectivity index (χ0) is 14.5. The highest BCUT2D eigenvalue weighted by Gasteiger charge is 2.17. The molecule has 0 aliphatic heterocycles. The molecule has 0 amide bonds. The third-order valence-corrected chi connectivity index (χ3v) is 4.09. The smallest absolute Gasteiger partial charge is 0.265 e. The number of halogens is 2. The molecule has 5 heteroatoms. The Labute approximate surface area is 121 Å². The summed E-state index contributed by atoms with van der Waals surface area (Å²) in [7, 11) is 0. The Balaban J connectivity index is 2.27. The van der Waals surface area contributed by atoms with E-state index in [4.69, 9.17) is 5.73 Å². The number of nitrogens with one attached hydrogen (secondary N) is 1. The van der Waals surface area contributed by atoms with Gasteiger partial charge >= 0.3 is 0 Å². The van der Waals surface area contributed by atoms with Gasteiger partial charge in [0.1, 0.15) is 0 Å². The average molecular weight is 296 g/mol. The molecular formula is C15H18F2N2S. The molecule has 0 fully saturated rings. The number of rotatable bonds is 6. The fourth-order valence-electron chi connectivity index (χ4n) is 2.14. The van der Waals surface area contributed by atoms with Gasteiger partial charge in [0.25, 0.3) is 6.43 Å². The molecule has 20 heavy (non-hydrogen) atoms. The van der Waals surface area contributed by atoms with Gasteiger partial charge in [-0.25, -0.2) is 8.78 Å². The van der Waals surface area contributed by atoms with Crippen molar-refractivity contribution in [2.24, 2.45) is 0 Å². The van der Waals surface area contributed by atoms with E-state index < -0.39 is 6.43 Å². The summed E-state index contributed by atoms with van der Waals surface area (Å²) in [5.74, 6) is 0. The first-order valence-electron chi connectivity index (χ1n) is 6.59. The van der Waals surface area contributed by atoms with Crippen LogP contribution in [-0.2, 0) is 0 Å². The van der Waals surface area contributed by atoms with E-state index >= 15 is 0 Å². The number of nitrogens with two attached hydrogens (primary N) is 1. The molecule has 0 bridgehead atoms. The largest absolute Gasteiger partial charge is 0.399 e. The van der Waals surface area contributed by atoms with Gasteiger partial charge in [0.05, 0.1) is 6.04 Å². The van der Waals surface area contributed by atoms with Crippen molar-refractivity contribution < 1.29 is 8.78 Å². The van der Waals surface area contributed by atoms with Crippen LogP contribution in [-0.4, -0.2) is 0 Å². The second kappa shape index (κ2) is 6.70. The Bertz CT molecular complexity index is 541. The zero-order valence-corrected chi connectivity index (χ0v) is 12.1. The van der Waals surface area contributed by atoms with Crippen LogP contribution in [0.5, 0.6) is 0 Å². The Morgan fingerprint density at radius 1 is 1.30 bits per heavy atom. The maximum atomic E-state index is 13.1. The lowest BCUT2D eigenvalue weighted by molar-refractivity contribution is 0.152. The zero-order valence-electron chi connectivity index (χ0n) is 11.3. The molecule has 1 aromatic carbocycles. The number of anilines is 2. The van der Waals surface area contributed by atoms with Crippen molar-refractivity contribution in [1.82, 2.24) is 0 Å². The second-order valence-electron chi connectivity index (χ2n) is 4.65. The van der Waals surface area contributed by atoms with E-state index in [1.54, 1.807) is 23.5 Å². The number of alkyl halides is 2. The van der Waals surface area contributed by atoms with Crippen molar-refractivity contribution in [2.75, 3.05) is 11.1 Å². The topological polar surface area (TPSA) is 38.0 Å². The third kappa shape index (κ3) is 3.48. The van der Waals surface area contributed by atoms with Gasteiger partial charge in [-0.15, -0.1) is 11.3 Å². The molecular weight excluding hydrogens is 278 g/mol. The lowest BCUT2D eigenvalue weighted by atomic mass is 10.1. The van der Waals surface area contributed by atoms with Gasteiger partial charge in [0, 0.05) is 21.8 Å². The van der Waals surface area contributed by atoms with Gasteiger partial charge in [0.15, 0.2) is 0 Å². The Hall–Kier alpha value is -1.62. The number of hydrogen-bond donors (Lipinski definition) is 2. The summed E-state index contributed by atoms with van der Waals surface area (Å²) in [5, 5.41) is 5.23. The highest BCUT2D eigenvalue weighted by atomic mass is 32.1. The summed E-state index contributed by atoms with van der Waals surface area (Å²) < 4.78 is 26.2. The predicted octanol–water partition coefficient (Wildman–Crippen LogP) is 5.22. The number of thiophene rings is 1. The molecule has 1 unspecified atom stereocenters. The van der Waals surface area contributed by atoms with Crippen molar-refractivity contribution >= 4 is 22.7 Å². The van der Waals surface area contributed by atoms with Crippen molar-refractivity contribution in [3.8, 4) is 0 Å². The molecule has 0 saturated carbocycles. The molecule has 1 atom stereocenters. The van der Waals surface area contributed by atoms with Crippen molar-refractivity contribution in [2.45, 2.75) is 32.2 Å². The van der Waals surface area contributed by atoms with E-state index in [1.807, 2.05) is 17.5 Å².